The molecule has 1 atom stereocenters. The van der Waals surface area contributed by atoms with E-state index < -0.39 is 17.7 Å². The molecule has 2 rings (SSSR count). The molecular formula is C17H17BrF2O. The van der Waals surface area contributed by atoms with Crippen molar-refractivity contribution in [2.75, 3.05) is 0 Å². The zero-order valence-corrected chi connectivity index (χ0v) is 13.5. The molecule has 0 amide bonds. The van der Waals surface area contributed by atoms with Crippen molar-refractivity contribution in [3.05, 3.63) is 69.2 Å². The Morgan fingerprint density at radius 2 is 1.57 bits per heavy atom. The minimum atomic E-state index is -1.21. The molecule has 2 aromatic carbocycles. The van der Waals surface area contributed by atoms with Gasteiger partial charge in [-0.1, -0.05) is 54.0 Å². The maximum absolute atomic E-state index is 13.8. The highest BCUT2D eigenvalue weighted by atomic mass is 79.9. The van der Waals surface area contributed by atoms with E-state index in [1.54, 1.807) is 0 Å². The van der Waals surface area contributed by atoms with Crippen LogP contribution in [0.5, 0.6) is 0 Å². The van der Waals surface area contributed by atoms with E-state index in [4.69, 9.17) is 0 Å². The molecule has 0 aromatic heterocycles. The molecule has 4 heteroatoms. The normalized spacial score (nSPS) is 12.7. The summed E-state index contributed by atoms with van der Waals surface area (Å²) in [4.78, 5) is 0. The van der Waals surface area contributed by atoms with Crippen LogP contribution in [0.25, 0.3) is 0 Å². The molecule has 112 valence electrons. The van der Waals surface area contributed by atoms with Gasteiger partial charge in [0.25, 0.3) is 0 Å². The first-order valence-electron chi connectivity index (χ1n) is 6.80. The van der Waals surface area contributed by atoms with Crippen LogP contribution in [0.3, 0.4) is 0 Å². The lowest BCUT2D eigenvalue weighted by Gasteiger charge is -2.14. The van der Waals surface area contributed by atoms with Gasteiger partial charge in [-0.25, -0.2) is 8.78 Å². The van der Waals surface area contributed by atoms with Crippen LogP contribution in [0.4, 0.5) is 8.78 Å². The minimum absolute atomic E-state index is 0.174. The lowest BCUT2D eigenvalue weighted by molar-refractivity contribution is 0.168. The van der Waals surface area contributed by atoms with Gasteiger partial charge in [0.1, 0.15) is 11.6 Å². The van der Waals surface area contributed by atoms with Crippen molar-refractivity contribution in [3.63, 3.8) is 0 Å². The first-order valence-corrected chi connectivity index (χ1v) is 7.59. The van der Waals surface area contributed by atoms with Crippen molar-refractivity contribution in [3.8, 4) is 0 Å². The lowest BCUT2D eigenvalue weighted by Crippen LogP contribution is -2.07. The summed E-state index contributed by atoms with van der Waals surface area (Å²) in [6, 6.07) is 10.0. The fourth-order valence-corrected chi connectivity index (χ4v) is 2.64. The van der Waals surface area contributed by atoms with E-state index in [2.05, 4.69) is 29.8 Å². The van der Waals surface area contributed by atoms with E-state index in [0.717, 1.165) is 17.7 Å². The van der Waals surface area contributed by atoms with Crippen LogP contribution in [0, 0.1) is 11.6 Å². The minimum Gasteiger partial charge on any atom is -0.388 e. The van der Waals surface area contributed by atoms with Crippen molar-refractivity contribution in [2.45, 2.75) is 32.3 Å². The molecule has 0 aliphatic heterocycles. The lowest BCUT2D eigenvalue weighted by atomic mass is 9.97. The topological polar surface area (TPSA) is 20.2 Å². The number of aliphatic hydroxyl groups excluding tert-OH is 1. The molecule has 1 N–H and O–H groups in total. The standard InChI is InChI=1S/C17H17BrF2O/c1-10(2)12-5-3-11(4-6-12)7-16(21)17-14(19)8-13(18)9-15(17)20/h3-6,8-10,16,21H,7H2,1-2H3. The Bertz CT molecular complexity index is 600. The van der Waals surface area contributed by atoms with Crippen LogP contribution in [0.1, 0.15) is 42.6 Å². The maximum atomic E-state index is 13.8. The van der Waals surface area contributed by atoms with Crippen LogP contribution < -0.4 is 0 Å². The summed E-state index contributed by atoms with van der Waals surface area (Å²) in [6.07, 6.45) is -1.03. The van der Waals surface area contributed by atoms with Gasteiger partial charge in [-0.3, -0.25) is 0 Å². The quantitative estimate of drug-likeness (QED) is 0.807. The van der Waals surface area contributed by atoms with Gasteiger partial charge >= 0.3 is 0 Å². The Morgan fingerprint density at radius 1 is 1.05 bits per heavy atom. The number of aliphatic hydroxyl groups is 1. The van der Waals surface area contributed by atoms with Gasteiger partial charge in [-0.05, 0) is 29.2 Å². The Kier molecular flexibility index (Phi) is 5.12. The largest absolute Gasteiger partial charge is 0.388 e. The highest BCUT2D eigenvalue weighted by Gasteiger charge is 2.19. The second-order valence-electron chi connectivity index (χ2n) is 5.40. The highest BCUT2D eigenvalue weighted by Crippen LogP contribution is 2.27. The van der Waals surface area contributed by atoms with Crippen LogP contribution >= 0.6 is 15.9 Å². The van der Waals surface area contributed by atoms with Crippen LogP contribution in [0.15, 0.2) is 40.9 Å². The van der Waals surface area contributed by atoms with Gasteiger partial charge in [0, 0.05) is 10.9 Å². The number of halogens is 3. The highest BCUT2D eigenvalue weighted by molar-refractivity contribution is 9.10. The van der Waals surface area contributed by atoms with Gasteiger partial charge in [0.2, 0.25) is 0 Å². The summed E-state index contributed by atoms with van der Waals surface area (Å²) in [5, 5.41) is 10.1. The molecule has 1 unspecified atom stereocenters. The second-order valence-corrected chi connectivity index (χ2v) is 6.31. The summed E-state index contributed by atoms with van der Waals surface area (Å²) in [5.41, 5.74) is 1.74. The molecular weight excluding hydrogens is 338 g/mol. The van der Waals surface area contributed by atoms with E-state index in [-0.39, 0.29) is 12.0 Å². The monoisotopic (exact) mass is 354 g/mol. The molecule has 21 heavy (non-hydrogen) atoms. The fourth-order valence-electron chi connectivity index (χ4n) is 2.24. The third kappa shape index (κ3) is 3.89. The van der Waals surface area contributed by atoms with Crippen LogP contribution in [-0.4, -0.2) is 5.11 Å². The van der Waals surface area contributed by atoms with Gasteiger partial charge in [-0.2, -0.15) is 0 Å². The Hall–Kier alpha value is -1.26. The van der Waals surface area contributed by atoms with E-state index in [1.807, 2.05) is 24.3 Å². The molecule has 0 saturated carbocycles. The SMILES string of the molecule is CC(C)c1ccc(CC(O)c2c(F)cc(Br)cc2F)cc1. The molecule has 0 radical (unpaired) electrons. The third-order valence-corrected chi connectivity index (χ3v) is 3.91. The molecule has 2 aromatic rings. The zero-order chi connectivity index (χ0) is 15.6. The predicted octanol–water partition coefficient (Wildman–Crippen LogP) is 5.13. The average Bonchev–Trinajstić information content (AvgIpc) is 2.37. The van der Waals surface area contributed by atoms with Crippen molar-refractivity contribution < 1.29 is 13.9 Å². The Morgan fingerprint density at radius 3 is 2.05 bits per heavy atom. The summed E-state index contributed by atoms with van der Waals surface area (Å²) in [7, 11) is 0. The average molecular weight is 355 g/mol. The Labute approximate surface area is 131 Å². The van der Waals surface area contributed by atoms with Gasteiger partial charge < -0.3 is 5.11 Å². The molecule has 0 aliphatic rings. The summed E-state index contributed by atoms with van der Waals surface area (Å²) >= 11 is 3.02. The molecule has 0 bridgehead atoms. The molecule has 1 nitrogen and oxygen atoms in total. The van der Waals surface area contributed by atoms with E-state index in [1.165, 1.54) is 5.56 Å². The smallest absolute Gasteiger partial charge is 0.133 e. The number of rotatable bonds is 4. The molecule has 0 saturated heterocycles. The first kappa shape index (κ1) is 16.1. The molecule has 0 spiro atoms. The van der Waals surface area contributed by atoms with Gasteiger partial charge in [-0.15, -0.1) is 0 Å². The van der Waals surface area contributed by atoms with E-state index in [9.17, 15) is 13.9 Å². The molecule has 0 fully saturated rings. The van der Waals surface area contributed by atoms with E-state index >= 15 is 0 Å². The molecule has 0 heterocycles. The van der Waals surface area contributed by atoms with Crippen molar-refractivity contribution in [1.29, 1.82) is 0 Å². The second kappa shape index (κ2) is 6.67. The van der Waals surface area contributed by atoms with Crippen molar-refractivity contribution >= 4 is 15.9 Å². The third-order valence-electron chi connectivity index (χ3n) is 3.45. The number of hydrogen-bond donors (Lipinski definition) is 1. The molecule has 0 aliphatic carbocycles. The predicted molar refractivity (Wildman–Crippen MR) is 83.3 cm³/mol. The Balaban J connectivity index is 2.20. The summed E-state index contributed by atoms with van der Waals surface area (Å²) in [6.45, 7) is 4.19. The van der Waals surface area contributed by atoms with Crippen molar-refractivity contribution in [2.24, 2.45) is 0 Å². The van der Waals surface area contributed by atoms with Gasteiger partial charge in [0.15, 0.2) is 0 Å². The van der Waals surface area contributed by atoms with Crippen LogP contribution in [-0.2, 0) is 6.42 Å². The number of benzene rings is 2. The first-order chi connectivity index (χ1) is 9.88. The maximum Gasteiger partial charge on any atom is 0.133 e. The summed E-state index contributed by atoms with van der Waals surface area (Å²) in [5.74, 6) is -1.06. The van der Waals surface area contributed by atoms with Crippen LogP contribution in [0.2, 0.25) is 0 Å². The number of hydrogen-bond acceptors (Lipinski definition) is 1. The van der Waals surface area contributed by atoms with E-state index in [0.29, 0.717) is 10.4 Å². The fraction of sp³-hybridized carbons (Fsp3) is 0.294. The summed E-state index contributed by atoms with van der Waals surface area (Å²) < 4.78 is 27.9. The zero-order valence-electron chi connectivity index (χ0n) is 11.9. The van der Waals surface area contributed by atoms with Crippen molar-refractivity contribution in [1.82, 2.24) is 0 Å². The van der Waals surface area contributed by atoms with Gasteiger partial charge in [0.05, 0.1) is 11.7 Å².